The lowest BCUT2D eigenvalue weighted by molar-refractivity contribution is 0.122. The van der Waals surface area contributed by atoms with Crippen LogP contribution in [-0.4, -0.2) is 31.1 Å². The number of methoxy groups -OCH3 is 1. The van der Waals surface area contributed by atoms with Crippen LogP contribution in [0.4, 0.5) is 0 Å². The standard InChI is InChI=1S/C16H26N2O/c1-11-5-6-16(19-4)14(9-11)13(3)18-8-7-15(17)12(2)10-18/h5-6,9,12-13,15H,7-8,10,17H2,1-4H3. The molecule has 0 spiro atoms. The van der Waals surface area contributed by atoms with E-state index in [0.717, 1.165) is 25.3 Å². The minimum absolute atomic E-state index is 0.350. The lowest BCUT2D eigenvalue weighted by Gasteiger charge is -2.39. The Balaban J connectivity index is 2.19. The number of nitrogens with zero attached hydrogens (tertiary/aromatic N) is 1. The van der Waals surface area contributed by atoms with E-state index in [1.807, 2.05) is 0 Å². The summed E-state index contributed by atoms with van der Waals surface area (Å²) in [5.41, 5.74) is 8.67. The number of likely N-dealkylation sites (tertiary alicyclic amines) is 1. The maximum atomic E-state index is 6.11. The second-order valence-electron chi connectivity index (χ2n) is 5.85. The molecule has 3 nitrogen and oxygen atoms in total. The van der Waals surface area contributed by atoms with E-state index in [0.29, 0.717) is 18.0 Å². The zero-order valence-corrected chi connectivity index (χ0v) is 12.5. The number of benzene rings is 1. The molecule has 2 N–H and O–H groups in total. The lowest BCUT2D eigenvalue weighted by atomic mass is 9.92. The van der Waals surface area contributed by atoms with Crippen LogP contribution in [0.3, 0.4) is 0 Å². The Morgan fingerprint density at radius 3 is 2.79 bits per heavy atom. The molecule has 1 fully saturated rings. The minimum Gasteiger partial charge on any atom is -0.496 e. The van der Waals surface area contributed by atoms with Crippen LogP contribution in [0.1, 0.15) is 37.4 Å². The summed E-state index contributed by atoms with van der Waals surface area (Å²) in [6, 6.07) is 7.14. The molecule has 3 heteroatoms. The zero-order chi connectivity index (χ0) is 14.0. The molecule has 3 unspecified atom stereocenters. The van der Waals surface area contributed by atoms with Crippen LogP contribution in [0, 0.1) is 12.8 Å². The van der Waals surface area contributed by atoms with E-state index in [1.54, 1.807) is 7.11 Å². The highest BCUT2D eigenvalue weighted by atomic mass is 16.5. The van der Waals surface area contributed by atoms with Crippen molar-refractivity contribution in [2.45, 2.75) is 39.3 Å². The van der Waals surface area contributed by atoms with E-state index in [2.05, 4.69) is 43.9 Å². The smallest absolute Gasteiger partial charge is 0.123 e. The molecule has 1 aliphatic heterocycles. The second-order valence-corrected chi connectivity index (χ2v) is 5.85. The van der Waals surface area contributed by atoms with Crippen molar-refractivity contribution in [2.24, 2.45) is 11.7 Å². The maximum Gasteiger partial charge on any atom is 0.123 e. The minimum atomic E-state index is 0.350. The highest BCUT2D eigenvalue weighted by molar-refractivity contribution is 5.39. The van der Waals surface area contributed by atoms with Crippen molar-refractivity contribution in [3.63, 3.8) is 0 Å². The first kappa shape index (κ1) is 14.4. The van der Waals surface area contributed by atoms with Gasteiger partial charge in [-0.3, -0.25) is 4.90 Å². The van der Waals surface area contributed by atoms with Gasteiger partial charge in [-0.15, -0.1) is 0 Å². The molecule has 1 heterocycles. The van der Waals surface area contributed by atoms with E-state index in [-0.39, 0.29) is 0 Å². The van der Waals surface area contributed by atoms with Gasteiger partial charge in [-0.25, -0.2) is 0 Å². The number of nitrogens with two attached hydrogens (primary N) is 1. The topological polar surface area (TPSA) is 38.5 Å². The summed E-state index contributed by atoms with van der Waals surface area (Å²) in [6.07, 6.45) is 1.08. The average molecular weight is 262 g/mol. The van der Waals surface area contributed by atoms with Gasteiger partial charge in [0.25, 0.3) is 0 Å². The molecule has 0 aliphatic carbocycles. The monoisotopic (exact) mass is 262 g/mol. The van der Waals surface area contributed by atoms with Crippen molar-refractivity contribution in [1.82, 2.24) is 4.90 Å². The van der Waals surface area contributed by atoms with Gasteiger partial charge in [-0.1, -0.05) is 24.6 Å². The van der Waals surface area contributed by atoms with E-state index < -0.39 is 0 Å². The summed E-state index contributed by atoms with van der Waals surface area (Å²) < 4.78 is 5.51. The predicted octanol–water partition coefficient (Wildman–Crippen LogP) is 2.73. The van der Waals surface area contributed by atoms with Gasteiger partial charge in [0, 0.05) is 30.7 Å². The Morgan fingerprint density at radius 1 is 1.42 bits per heavy atom. The molecule has 3 atom stereocenters. The van der Waals surface area contributed by atoms with Crippen LogP contribution in [0.25, 0.3) is 0 Å². The summed E-state index contributed by atoms with van der Waals surface area (Å²) in [6.45, 7) is 8.78. The van der Waals surface area contributed by atoms with Gasteiger partial charge in [-0.2, -0.15) is 0 Å². The maximum absolute atomic E-state index is 6.11. The Bertz CT molecular complexity index is 433. The Morgan fingerprint density at radius 2 is 2.16 bits per heavy atom. The van der Waals surface area contributed by atoms with Gasteiger partial charge < -0.3 is 10.5 Å². The fourth-order valence-corrected chi connectivity index (χ4v) is 2.92. The molecular weight excluding hydrogens is 236 g/mol. The molecular formula is C16H26N2O. The summed E-state index contributed by atoms with van der Waals surface area (Å²) in [5, 5.41) is 0. The third kappa shape index (κ3) is 3.10. The SMILES string of the molecule is COc1ccc(C)cc1C(C)N1CCC(N)C(C)C1. The van der Waals surface area contributed by atoms with Crippen LogP contribution in [0.5, 0.6) is 5.75 Å². The van der Waals surface area contributed by atoms with Crippen molar-refractivity contribution in [1.29, 1.82) is 0 Å². The van der Waals surface area contributed by atoms with E-state index in [4.69, 9.17) is 10.5 Å². The molecule has 0 saturated carbocycles. The lowest BCUT2D eigenvalue weighted by Crippen LogP contribution is -2.46. The number of hydrogen-bond donors (Lipinski definition) is 1. The molecule has 1 aromatic carbocycles. The van der Waals surface area contributed by atoms with Gasteiger partial charge in [0.15, 0.2) is 0 Å². The predicted molar refractivity (Wildman–Crippen MR) is 79.5 cm³/mol. The molecule has 0 amide bonds. The van der Waals surface area contributed by atoms with Crippen molar-refractivity contribution < 1.29 is 4.74 Å². The Hall–Kier alpha value is -1.06. The van der Waals surface area contributed by atoms with Crippen molar-refractivity contribution in [3.8, 4) is 5.75 Å². The fraction of sp³-hybridized carbons (Fsp3) is 0.625. The van der Waals surface area contributed by atoms with Crippen LogP contribution in [0.15, 0.2) is 18.2 Å². The molecule has 1 aromatic rings. The first-order chi connectivity index (χ1) is 9.02. The van der Waals surface area contributed by atoms with Gasteiger partial charge in [-0.05, 0) is 32.3 Å². The first-order valence-electron chi connectivity index (χ1n) is 7.17. The third-order valence-corrected chi connectivity index (χ3v) is 4.39. The summed E-state index contributed by atoms with van der Waals surface area (Å²) >= 11 is 0. The summed E-state index contributed by atoms with van der Waals surface area (Å²) in [4.78, 5) is 2.52. The van der Waals surface area contributed by atoms with Crippen molar-refractivity contribution in [3.05, 3.63) is 29.3 Å². The number of aryl methyl sites for hydroxylation is 1. The Labute approximate surface area is 116 Å². The summed E-state index contributed by atoms with van der Waals surface area (Å²) in [5.74, 6) is 1.55. The first-order valence-corrected chi connectivity index (χ1v) is 7.17. The van der Waals surface area contributed by atoms with E-state index in [9.17, 15) is 0 Å². The molecule has 106 valence electrons. The number of rotatable bonds is 3. The number of hydrogen-bond acceptors (Lipinski definition) is 3. The number of piperidine rings is 1. The molecule has 0 radical (unpaired) electrons. The molecule has 0 bridgehead atoms. The van der Waals surface area contributed by atoms with Crippen LogP contribution < -0.4 is 10.5 Å². The molecule has 1 aliphatic rings. The van der Waals surface area contributed by atoms with Crippen molar-refractivity contribution in [2.75, 3.05) is 20.2 Å². The normalized spacial score (nSPS) is 26.2. The van der Waals surface area contributed by atoms with Gasteiger partial charge >= 0.3 is 0 Å². The molecule has 2 rings (SSSR count). The third-order valence-electron chi connectivity index (χ3n) is 4.39. The molecule has 19 heavy (non-hydrogen) atoms. The molecule has 1 saturated heterocycles. The van der Waals surface area contributed by atoms with Crippen LogP contribution in [-0.2, 0) is 0 Å². The number of ether oxygens (including phenoxy) is 1. The fourth-order valence-electron chi connectivity index (χ4n) is 2.92. The molecule has 0 aromatic heterocycles. The van der Waals surface area contributed by atoms with Crippen molar-refractivity contribution >= 4 is 0 Å². The Kier molecular flexibility index (Phi) is 4.48. The quantitative estimate of drug-likeness (QED) is 0.910. The summed E-state index contributed by atoms with van der Waals surface area (Å²) in [7, 11) is 1.75. The highest BCUT2D eigenvalue weighted by Crippen LogP contribution is 2.32. The van der Waals surface area contributed by atoms with E-state index >= 15 is 0 Å². The van der Waals surface area contributed by atoms with Crippen LogP contribution in [0.2, 0.25) is 0 Å². The highest BCUT2D eigenvalue weighted by Gasteiger charge is 2.27. The van der Waals surface area contributed by atoms with Gasteiger partial charge in [0.05, 0.1) is 7.11 Å². The zero-order valence-electron chi connectivity index (χ0n) is 12.5. The second kappa shape index (κ2) is 5.93. The van der Waals surface area contributed by atoms with Gasteiger partial charge in [0.2, 0.25) is 0 Å². The van der Waals surface area contributed by atoms with Gasteiger partial charge in [0.1, 0.15) is 5.75 Å². The van der Waals surface area contributed by atoms with E-state index in [1.165, 1.54) is 11.1 Å². The largest absolute Gasteiger partial charge is 0.496 e. The average Bonchev–Trinajstić information content (AvgIpc) is 2.41. The van der Waals surface area contributed by atoms with Crippen LogP contribution >= 0.6 is 0 Å².